The van der Waals surface area contributed by atoms with Gasteiger partial charge < -0.3 is 10.1 Å². The number of ether oxygens (including phenoxy) is 1. The molecule has 0 radical (unpaired) electrons. The number of hydrogen-bond acceptors (Lipinski definition) is 2. The van der Waals surface area contributed by atoms with E-state index in [0.717, 1.165) is 0 Å². The third-order valence-corrected chi connectivity index (χ3v) is 1.63. The maximum absolute atomic E-state index is 12.3. The van der Waals surface area contributed by atoms with Gasteiger partial charge >= 0.3 is 12.1 Å². The van der Waals surface area contributed by atoms with Crippen molar-refractivity contribution < 1.29 is 26.7 Å². The Morgan fingerprint density at radius 1 is 1.25 bits per heavy atom. The number of rotatable bonds is 7. The molecule has 0 aliphatic carbocycles. The first kappa shape index (κ1) is 15.3. The predicted octanol–water partition coefficient (Wildman–Crippen LogP) is 2.37. The molecule has 0 amide bonds. The normalized spacial score (nSPS) is 12.9. The van der Waals surface area contributed by atoms with Crippen LogP contribution in [0.2, 0.25) is 0 Å². The van der Waals surface area contributed by atoms with Crippen LogP contribution in [0, 0.1) is 0 Å². The van der Waals surface area contributed by atoms with Crippen LogP contribution in [0.1, 0.15) is 6.92 Å². The lowest BCUT2D eigenvalue weighted by atomic mass is 10.3. The molecule has 7 heteroatoms. The molecule has 0 aliphatic heterocycles. The van der Waals surface area contributed by atoms with Gasteiger partial charge in [-0.05, 0) is 12.1 Å². The van der Waals surface area contributed by atoms with E-state index in [1.54, 1.807) is 0 Å². The fourth-order valence-corrected chi connectivity index (χ4v) is 0.758. The molecule has 0 unspecified atom stereocenters. The topological polar surface area (TPSA) is 21.3 Å². The second-order valence-corrected chi connectivity index (χ2v) is 3.23. The zero-order valence-electron chi connectivity index (χ0n) is 8.83. The van der Waals surface area contributed by atoms with Gasteiger partial charge in [-0.1, -0.05) is 13.5 Å². The van der Waals surface area contributed by atoms with Gasteiger partial charge in [-0.2, -0.15) is 22.0 Å². The Bertz CT molecular complexity index is 226. The van der Waals surface area contributed by atoms with Crippen molar-refractivity contribution in [2.75, 3.05) is 26.3 Å². The van der Waals surface area contributed by atoms with Gasteiger partial charge in [-0.25, -0.2) is 0 Å². The van der Waals surface area contributed by atoms with Crippen LogP contribution in [0.4, 0.5) is 22.0 Å². The Balaban J connectivity index is 3.86. The van der Waals surface area contributed by atoms with Gasteiger partial charge in [0.2, 0.25) is 0 Å². The quantitative estimate of drug-likeness (QED) is 0.551. The molecular formula is C9H14F5NO. The first-order valence-corrected chi connectivity index (χ1v) is 4.60. The van der Waals surface area contributed by atoms with E-state index in [9.17, 15) is 22.0 Å². The van der Waals surface area contributed by atoms with Crippen molar-refractivity contribution in [2.45, 2.75) is 19.0 Å². The van der Waals surface area contributed by atoms with E-state index in [0.29, 0.717) is 18.7 Å². The van der Waals surface area contributed by atoms with E-state index < -0.39 is 18.7 Å². The fourth-order valence-electron chi connectivity index (χ4n) is 0.758. The highest BCUT2D eigenvalue weighted by molar-refractivity contribution is 4.96. The monoisotopic (exact) mass is 247 g/mol. The van der Waals surface area contributed by atoms with Gasteiger partial charge in [0.1, 0.15) is 6.61 Å². The molecule has 16 heavy (non-hydrogen) atoms. The number of alkyl halides is 5. The van der Waals surface area contributed by atoms with Gasteiger partial charge in [-0.3, -0.25) is 0 Å². The zero-order valence-corrected chi connectivity index (χ0v) is 8.83. The smallest absolute Gasteiger partial charge is 0.370 e. The van der Waals surface area contributed by atoms with Crippen LogP contribution in [0.25, 0.3) is 0 Å². The van der Waals surface area contributed by atoms with Gasteiger partial charge in [0.15, 0.2) is 0 Å². The molecule has 2 nitrogen and oxygen atoms in total. The molecule has 0 heterocycles. The van der Waals surface area contributed by atoms with Crippen molar-refractivity contribution in [2.24, 2.45) is 0 Å². The minimum Gasteiger partial charge on any atom is -0.370 e. The highest BCUT2D eigenvalue weighted by Crippen LogP contribution is 2.35. The van der Waals surface area contributed by atoms with E-state index in [4.69, 9.17) is 0 Å². The second-order valence-electron chi connectivity index (χ2n) is 3.23. The molecule has 0 saturated carbocycles. The standard InChI is InChI=1S/C9H14F5NO/c1-3-15-4-7(2)5-16-6-8(10,11)9(12,13)14/h15H,2-6H2,1H3. The Kier molecular flexibility index (Phi) is 5.88. The third kappa shape index (κ3) is 5.41. The number of halogens is 5. The largest absolute Gasteiger partial charge is 0.455 e. The highest BCUT2D eigenvalue weighted by Gasteiger charge is 2.57. The Morgan fingerprint density at radius 2 is 1.81 bits per heavy atom. The summed E-state index contributed by atoms with van der Waals surface area (Å²) >= 11 is 0. The van der Waals surface area contributed by atoms with Crippen molar-refractivity contribution in [3.63, 3.8) is 0 Å². The Morgan fingerprint density at radius 3 is 2.25 bits per heavy atom. The van der Waals surface area contributed by atoms with Gasteiger partial charge in [0.05, 0.1) is 6.61 Å². The van der Waals surface area contributed by atoms with Crippen LogP contribution in [0.5, 0.6) is 0 Å². The van der Waals surface area contributed by atoms with Crippen molar-refractivity contribution >= 4 is 0 Å². The second kappa shape index (κ2) is 6.15. The summed E-state index contributed by atoms with van der Waals surface area (Å²) in [6, 6.07) is 0. The average Bonchev–Trinajstić information content (AvgIpc) is 2.12. The summed E-state index contributed by atoms with van der Waals surface area (Å²) in [6.07, 6.45) is -5.57. The summed E-state index contributed by atoms with van der Waals surface area (Å²) in [7, 11) is 0. The van der Waals surface area contributed by atoms with E-state index >= 15 is 0 Å². The van der Waals surface area contributed by atoms with Crippen molar-refractivity contribution in [1.82, 2.24) is 5.32 Å². The summed E-state index contributed by atoms with van der Waals surface area (Å²) in [4.78, 5) is 0. The van der Waals surface area contributed by atoms with Crippen molar-refractivity contribution in [3.05, 3.63) is 12.2 Å². The summed E-state index contributed by atoms with van der Waals surface area (Å²) < 4.78 is 64.0. The molecule has 0 rings (SSSR count). The minimum absolute atomic E-state index is 0.321. The van der Waals surface area contributed by atoms with Crippen LogP contribution in [0.3, 0.4) is 0 Å². The molecule has 0 saturated heterocycles. The van der Waals surface area contributed by atoms with E-state index in [-0.39, 0.29) is 6.61 Å². The van der Waals surface area contributed by atoms with Crippen LogP contribution < -0.4 is 5.32 Å². The fraction of sp³-hybridized carbons (Fsp3) is 0.778. The first-order chi connectivity index (χ1) is 7.20. The lowest BCUT2D eigenvalue weighted by Crippen LogP contribution is -2.41. The van der Waals surface area contributed by atoms with Gasteiger partial charge in [0.25, 0.3) is 0 Å². The molecule has 0 bridgehead atoms. The Labute approximate surface area is 90.5 Å². The van der Waals surface area contributed by atoms with Gasteiger partial charge in [-0.15, -0.1) is 0 Å². The summed E-state index contributed by atoms with van der Waals surface area (Å²) in [6.45, 7) is 4.26. The molecule has 0 aromatic heterocycles. The van der Waals surface area contributed by atoms with Crippen LogP contribution >= 0.6 is 0 Å². The molecular weight excluding hydrogens is 233 g/mol. The lowest BCUT2D eigenvalue weighted by Gasteiger charge is -2.19. The summed E-state index contributed by atoms with van der Waals surface area (Å²) in [5.74, 6) is -4.81. The molecule has 96 valence electrons. The van der Waals surface area contributed by atoms with Crippen LogP contribution in [-0.4, -0.2) is 38.4 Å². The van der Waals surface area contributed by atoms with Gasteiger partial charge in [0, 0.05) is 6.54 Å². The Hall–Kier alpha value is -0.690. The zero-order chi connectivity index (χ0) is 12.8. The summed E-state index contributed by atoms with van der Waals surface area (Å²) in [5.41, 5.74) is 0.417. The number of hydrogen-bond donors (Lipinski definition) is 1. The molecule has 0 aliphatic rings. The first-order valence-electron chi connectivity index (χ1n) is 4.60. The number of likely N-dealkylation sites (N-methyl/N-ethyl adjacent to an activating group) is 1. The average molecular weight is 247 g/mol. The maximum Gasteiger partial charge on any atom is 0.455 e. The molecule has 0 atom stereocenters. The number of nitrogens with one attached hydrogen (secondary N) is 1. The third-order valence-electron chi connectivity index (χ3n) is 1.63. The van der Waals surface area contributed by atoms with E-state index in [1.165, 1.54) is 0 Å². The molecule has 1 N–H and O–H groups in total. The van der Waals surface area contributed by atoms with Crippen molar-refractivity contribution in [3.8, 4) is 0 Å². The maximum atomic E-state index is 12.3. The van der Waals surface area contributed by atoms with Crippen LogP contribution in [-0.2, 0) is 4.74 Å². The highest BCUT2D eigenvalue weighted by atomic mass is 19.4. The molecule has 0 aromatic carbocycles. The van der Waals surface area contributed by atoms with E-state index in [2.05, 4.69) is 16.6 Å². The lowest BCUT2D eigenvalue weighted by molar-refractivity contribution is -0.296. The van der Waals surface area contributed by atoms with E-state index in [1.807, 2.05) is 6.92 Å². The molecule has 0 fully saturated rings. The molecule has 0 aromatic rings. The summed E-state index contributed by atoms with van der Waals surface area (Å²) in [5, 5.41) is 2.84. The SMILES string of the molecule is C=C(CNCC)COCC(F)(F)C(F)(F)F. The van der Waals surface area contributed by atoms with Crippen LogP contribution in [0.15, 0.2) is 12.2 Å². The minimum atomic E-state index is -5.57. The predicted molar refractivity (Wildman–Crippen MR) is 49.5 cm³/mol. The van der Waals surface area contributed by atoms with Crippen molar-refractivity contribution in [1.29, 1.82) is 0 Å². The molecule has 0 spiro atoms.